The molecule has 0 saturated heterocycles. The number of carboxylic acid groups (broad SMARTS) is 1. The molecule has 0 unspecified atom stereocenters. The van der Waals surface area contributed by atoms with Crippen molar-refractivity contribution >= 4 is 11.9 Å². The highest BCUT2D eigenvalue weighted by atomic mass is 16.5. The second kappa shape index (κ2) is 8.81. The van der Waals surface area contributed by atoms with E-state index < -0.39 is 17.9 Å². The third-order valence-electron chi connectivity index (χ3n) is 3.68. The van der Waals surface area contributed by atoms with E-state index in [0.29, 0.717) is 18.5 Å². The average Bonchev–Trinajstić information content (AvgIpc) is 2.61. The van der Waals surface area contributed by atoms with Crippen LogP contribution in [0.1, 0.15) is 29.2 Å². The maximum atomic E-state index is 11.4. The van der Waals surface area contributed by atoms with Gasteiger partial charge in [-0.15, -0.1) is 0 Å². The molecule has 0 heterocycles. The van der Waals surface area contributed by atoms with E-state index >= 15 is 0 Å². The lowest BCUT2D eigenvalue weighted by atomic mass is 10.1. The van der Waals surface area contributed by atoms with Gasteiger partial charge in [-0.1, -0.05) is 54.6 Å². The van der Waals surface area contributed by atoms with Crippen molar-refractivity contribution in [2.24, 2.45) is 0 Å². The van der Waals surface area contributed by atoms with Crippen LogP contribution in [0.5, 0.6) is 0 Å². The number of aryl methyl sites for hydroxylation is 1. The van der Waals surface area contributed by atoms with Gasteiger partial charge in [0, 0.05) is 13.0 Å². The summed E-state index contributed by atoms with van der Waals surface area (Å²) >= 11 is 0. The Balaban J connectivity index is 1.93. The minimum absolute atomic E-state index is 0.212. The zero-order chi connectivity index (χ0) is 17.4. The summed E-state index contributed by atoms with van der Waals surface area (Å²) in [6.45, 7) is 0.420. The Morgan fingerprint density at radius 1 is 0.958 bits per heavy atom. The number of hydrogen-bond acceptors (Lipinski definition) is 4. The Labute approximate surface area is 140 Å². The van der Waals surface area contributed by atoms with Crippen molar-refractivity contribution in [1.29, 1.82) is 0 Å². The average molecular weight is 328 g/mol. The van der Waals surface area contributed by atoms with Crippen molar-refractivity contribution < 1.29 is 19.9 Å². The molecule has 0 spiro atoms. The first-order valence-corrected chi connectivity index (χ1v) is 7.62. The fourth-order valence-electron chi connectivity index (χ4n) is 2.35. The molecule has 0 bridgehead atoms. The number of hydroxylamine groups is 1. The Kier molecular flexibility index (Phi) is 6.48. The molecule has 0 fully saturated rings. The van der Waals surface area contributed by atoms with Crippen LogP contribution in [0.3, 0.4) is 0 Å². The van der Waals surface area contributed by atoms with Gasteiger partial charge in [0.25, 0.3) is 0 Å². The number of nitrogens with one attached hydrogen (secondary N) is 2. The van der Waals surface area contributed by atoms with E-state index in [2.05, 4.69) is 5.32 Å². The van der Waals surface area contributed by atoms with Crippen LogP contribution in [0.4, 0.5) is 0 Å². The Bertz CT molecular complexity index is 671. The summed E-state index contributed by atoms with van der Waals surface area (Å²) in [6, 6.07) is 15.8. The maximum Gasteiger partial charge on any atom is 0.325 e. The van der Waals surface area contributed by atoms with Crippen LogP contribution in [0, 0.1) is 0 Å². The molecule has 0 saturated carbocycles. The van der Waals surface area contributed by atoms with E-state index in [1.807, 2.05) is 42.5 Å². The van der Waals surface area contributed by atoms with Crippen LogP contribution in [0.25, 0.3) is 0 Å². The van der Waals surface area contributed by atoms with Crippen molar-refractivity contribution in [3.05, 3.63) is 71.3 Å². The molecule has 2 aromatic carbocycles. The van der Waals surface area contributed by atoms with Crippen molar-refractivity contribution in [2.45, 2.75) is 25.4 Å². The van der Waals surface area contributed by atoms with Crippen LogP contribution in [-0.2, 0) is 22.6 Å². The third-order valence-corrected chi connectivity index (χ3v) is 3.68. The standard InChI is InChI=1S/C18H20N2O4/c21-16(20-24)11-10-13-6-8-14(9-7-13)12-19-17(18(22)23)15-4-2-1-3-5-15/h1-9,17,19,24H,10-12H2,(H,20,21)(H,22,23)/t17-/m0/s1. The van der Waals surface area contributed by atoms with Crippen LogP contribution in [-0.4, -0.2) is 22.2 Å². The Hall–Kier alpha value is -2.70. The van der Waals surface area contributed by atoms with E-state index in [0.717, 1.165) is 11.1 Å². The molecule has 24 heavy (non-hydrogen) atoms. The lowest BCUT2D eigenvalue weighted by Gasteiger charge is -2.15. The van der Waals surface area contributed by atoms with Gasteiger partial charge >= 0.3 is 5.97 Å². The summed E-state index contributed by atoms with van der Waals surface area (Å²) < 4.78 is 0. The summed E-state index contributed by atoms with van der Waals surface area (Å²) in [5, 5.41) is 20.9. The number of rotatable bonds is 8. The van der Waals surface area contributed by atoms with Crippen molar-refractivity contribution in [1.82, 2.24) is 10.8 Å². The minimum Gasteiger partial charge on any atom is -0.480 e. The van der Waals surface area contributed by atoms with E-state index in [4.69, 9.17) is 5.21 Å². The molecule has 0 aliphatic rings. The Morgan fingerprint density at radius 2 is 1.58 bits per heavy atom. The number of aliphatic carboxylic acids is 1. The van der Waals surface area contributed by atoms with E-state index in [9.17, 15) is 14.7 Å². The molecule has 2 rings (SSSR count). The van der Waals surface area contributed by atoms with E-state index in [-0.39, 0.29) is 6.42 Å². The molecule has 6 nitrogen and oxygen atoms in total. The highest BCUT2D eigenvalue weighted by Gasteiger charge is 2.18. The highest BCUT2D eigenvalue weighted by Crippen LogP contribution is 2.14. The monoisotopic (exact) mass is 328 g/mol. The third kappa shape index (κ3) is 5.19. The lowest BCUT2D eigenvalue weighted by molar-refractivity contribution is -0.139. The minimum atomic E-state index is -0.923. The van der Waals surface area contributed by atoms with Gasteiger partial charge < -0.3 is 5.11 Å². The maximum absolute atomic E-state index is 11.4. The van der Waals surface area contributed by atoms with Gasteiger partial charge in [-0.05, 0) is 23.1 Å². The van der Waals surface area contributed by atoms with Gasteiger partial charge in [-0.2, -0.15) is 0 Å². The molecule has 4 N–H and O–H groups in total. The van der Waals surface area contributed by atoms with Crippen LogP contribution in [0.2, 0.25) is 0 Å². The predicted octanol–water partition coefficient (Wildman–Crippen LogP) is 2.04. The first kappa shape index (κ1) is 17.7. The van der Waals surface area contributed by atoms with Gasteiger partial charge in [-0.3, -0.25) is 20.1 Å². The molecule has 0 aromatic heterocycles. The second-order valence-corrected chi connectivity index (χ2v) is 5.41. The van der Waals surface area contributed by atoms with Crippen molar-refractivity contribution in [2.75, 3.05) is 0 Å². The van der Waals surface area contributed by atoms with Gasteiger partial charge in [-0.25, -0.2) is 5.48 Å². The van der Waals surface area contributed by atoms with Crippen LogP contribution >= 0.6 is 0 Å². The molecular formula is C18H20N2O4. The number of amides is 1. The smallest absolute Gasteiger partial charge is 0.325 e. The largest absolute Gasteiger partial charge is 0.480 e. The second-order valence-electron chi connectivity index (χ2n) is 5.41. The number of carbonyl (C=O) groups excluding carboxylic acids is 1. The molecule has 0 aliphatic carbocycles. The molecule has 0 aliphatic heterocycles. The molecule has 2 aromatic rings. The van der Waals surface area contributed by atoms with Crippen molar-refractivity contribution in [3.8, 4) is 0 Å². The molecule has 0 radical (unpaired) electrons. The first-order valence-electron chi connectivity index (χ1n) is 7.62. The normalized spacial score (nSPS) is 11.7. The number of carbonyl (C=O) groups is 2. The summed E-state index contributed by atoms with van der Waals surface area (Å²) in [5.41, 5.74) is 4.23. The molecule has 126 valence electrons. The van der Waals surface area contributed by atoms with E-state index in [1.54, 1.807) is 17.6 Å². The number of benzene rings is 2. The van der Waals surface area contributed by atoms with Gasteiger partial charge in [0.15, 0.2) is 0 Å². The lowest BCUT2D eigenvalue weighted by Crippen LogP contribution is -2.28. The summed E-state index contributed by atoms with van der Waals surface area (Å²) in [7, 11) is 0. The number of carboxylic acids is 1. The molecule has 6 heteroatoms. The molecule has 1 atom stereocenters. The van der Waals surface area contributed by atoms with Gasteiger partial charge in [0.05, 0.1) is 0 Å². The van der Waals surface area contributed by atoms with Crippen molar-refractivity contribution in [3.63, 3.8) is 0 Å². The SMILES string of the molecule is O=C(CCc1ccc(CN[C@H](C(=O)O)c2ccccc2)cc1)NO. The summed E-state index contributed by atoms with van der Waals surface area (Å²) in [6.07, 6.45) is 0.741. The fraction of sp³-hybridized carbons (Fsp3) is 0.222. The van der Waals surface area contributed by atoms with Crippen LogP contribution in [0.15, 0.2) is 54.6 Å². The fourth-order valence-corrected chi connectivity index (χ4v) is 2.35. The topological polar surface area (TPSA) is 98.7 Å². The summed E-state index contributed by atoms with van der Waals surface area (Å²) in [4.78, 5) is 22.4. The summed E-state index contributed by atoms with van der Waals surface area (Å²) in [5.74, 6) is -1.35. The zero-order valence-electron chi connectivity index (χ0n) is 13.1. The molecular weight excluding hydrogens is 308 g/mol. The van der Waals surface area contributed by atoms with E-state index in [1.165, 1.54) is 0 Å². The quantitative estimate of drug-likeness (QED) is 0.439. The molecule has 1 amide bonds. The predicted molar refractivity (Wildman–Crippen MR) is 88.4 cm³/mol. The van der Waals surface area contributed by atoms with Gasteiger partial charge in [0.2, 0.25) is 5.91 Å². The Morgan fingerprint density at radius 3 is 2.17 bits per heavy atom. The van der Waals surface area contributed by atoms with Crippen LogP contribution < -0.4 is 10.8 Å². The number of hydrogen-bond donors (Lipinski definition) is 4. The zero-order valence-corrected chi connectivity index (χ0v) is 13.1. The van der Waals surface area contributed by atoms with Gasteiger partial charge in [0.1, 0.15) is 6.04 Å². The first-order chi connectivity index (χ1) is 11.6. The highest BCUT2D eigenvalue weighted by molar-refractivity contribution is 5.75.